The monoisotopic (exact) mass is 416 g/mol. The van der Waals surface area contributed by atoms with Crippen LogP contribution in [0.2, 0.25) is 5.02 Å². The second-order valence-corrected chi connectivity index (χ2v) is 8.57. The van der Waals surface area contributed by atoms with Gasteiger partial charge in [-0.15, -0.1) is 10.2 Å². The maximum absolute atomic E-state index is 12.1. The molecule has 28 heavy (non-hydrogen) atoms. The number of halogens is 1. The van der Waals surface area contributed by atoms with E-state index in [0.29, 0.717) is 16.0 Å². The minimum Gasteiger partial charge on any atom is -0.459 e. The highest BCUT2D eigenvalue weighted by molar-refractivity contribution is 7.99. The van der Waals surface area contributed by atoms with Crippen molar-refractivity contribution in [3.63, 3.8) is 0 Å². The summed E-state index contributed by atoms with van der Waals surface area (Å²) in [6.07, 6.45) is 3.43. The Morgan fingerprint density at radius 3 is 2.71 bits per heavy atom. The predicted octanol–water partition coefficient (Wildman–Crippen LogP) is 4.72. The van der Waals surface area contributed by atoms with Gasteiger partial charge in [0.2, 0.25) is 0 Å². The van der Waals surface area contributed by atoms with Crippen LogP contribution in [0.15, 0.2) is 47.9 Å². The lowest BCUT2D eigenvalue weighted by Gasteiger charge is -2.19. The van der Waals surface area contributed by atoms with E-state index in [1.54, 1.807) is 12.4 Å². The molecule has 3 aromatic rings. The number of aryl methyl sites for hydroxylation is 1. The maximum Gasteiger partial charge on any atom is 0.316 e. The molecule has 0 fully saturated rings. The zero-order valence-corrected chi connectivity index (χ0v) is 17.7. The second-order valence-electron chi connectivity index (χ2n) is 7.19. The lowest BCUT2D eigenvalue weighted by molar-refractivity contribution is -0.151. The number of carbonyl (C=O) groups excluding carboxylic acids is 1. The molecule has 0 atom stereocenters. The number of carbonyl (C=O) groups is 1. The Morgan fingerprint density at radius 1 is 1.25 bits per heavy atom. The summed E-state index contributed by atoms with van der Waals surface area (Å²) >= 11 is 7.51. The SMILES string of the molecule is Cc1ccc(Cl)cc1-n1c(SCC(=O)OC(C)(C)C)nnc1-c1cccnc1. The lowest BCUT2D eigenvalue weighted by Crippen LogP contribution is -2.25. The summed E-state index contributed by atoms with van der Waals surface area (Å²) in [5.74, 6) is 0.449. The van der Waals surface area contributed by atoms with Gasteiger partial charge in [0, 0.05) is 23.0 Å². The summed E-state index contributed by atoms with van der Waals surface area (Å²) in [4.78, 5) is 16.3. The largest absolute Gasteiger partial charge is 0.459 e. The standard InChI is InChI=1S/C20H21ClN4O2S/c1-13-7-8-15(21)10-16(13)25-18(14-6-5-9-22-11-14)23-24-19(25)28-12-17(26)27-20(2,3)4/h5-11H,12H2,1-4H3. The first-order valence-corrected chi connectivity index (χ1v) is 10.1. The predicted molar refractivity (Wildman–Crippen MR) is 111 cm³/mol. The number of benzene rings is 1. The zero-order valence-electron chi connectivity index (χ0n) is 16.1. The first-order valence-electron chi connectivity index (χ1n) is 8.71. The molecular weight excluding hydrogens is 396 g/mol. The van der Waals surface area contributed by atoms with Gasteiger partial charge < -0.3 is 4.74 Å². The molecule has 0 unspecified atom stereocenters. The summed E-state index contributed by atoms with van der Waals surface area (Å²) in [6.45, 7) is 7.51. The van der Waals surface area contributed by atoms with Crippen LogP contribution in [0.4, 0.5) is 0 Å². The molecule has 3 rings (SSSR count). The van der Waals surface area contributed by atoms with E-state index in [2.05, 4.69) is 15.2 Å². The Bertz CT molecular complexity index is 984. The van der Waals surface area contributed by atoms with Crippen molar-refractivity contribution in [1.29, 1.82) is 0 Å². The number of pyridine rings is 1. The highest BCUT2D eigenvalue weighted by Gasteiger charge is 2.21. The minimum absolute atomic E-state index is 0.127. The fourth-order valence-electron chi connectivity index (χ4n) is 2.58. The van der Waals surface area contributed by atoms with E-state index in [0.717, 1.165) is 16.8 Å². The lowest BCUT2D eigenvalue weighted by atomic mass is 10.2. The molecule has 0 aliphatic heterocycles. The van der Waals surface area contributed by atoms with Gasteiger partial charge in [-0.1, -0.05) is 29.4 Å². The maximum atomic E-state index is 12.1. The van der Waals surface area contributed by atoms with Crippen LogP contribution in [-0.4, -0.2) is 37.1 Å². The molecule has 0 amide bonds. The van der Waals surface area contributed by atoms with Crippen LogP contribution in [0.5, 0.6) is 0 Å². The molecule has 2 heterocycles. The van der Waals surface area contributed by atoms with Crippen LogP contribution < -0.4 is 0 Å². The van der Waals surface area contributed by atoms with E-state index in [9.17, 15) is 4.79 Å². The topological polar surface area (TPSA) is 69.9 Å². The van der Waals surface area contributed by atoms with Crippen molar-refractivity contribution in [3.8, 4) is 17.1 Å². The molecular formula is C20H21ClN4O2S. The minimum atomic E-state index is -0.532. The van der Waals surface area contributed by atoms with Gasteiger partial charge >= 0.3 is 5.97 Å². The Morgan fingerprint density at radius 2 is 2.04 bits per heavy atom. The van der Waals surface area contributed by atoms with Crippen molar-refractivity contribution in [3.05, 3.63) is 53.3 Å². The molecule has 8 heteroatoms. The van der Waals surface area contributed by atoms with Crippen LogP contribution in [0, 0.1) is 6.92 Å². The van der Waals surface area contributed by atoms with E-state index in [1.165, 1.54) is 11.8 Å². The van der Waals surface area contributed by atoms with Crippen molar-refractivity contribution < 1.29 is 9.53 Å². The van der Waals surface area contributed by atoms with E-state index in [1.807, 2.05) is 62.6 Å². The second kappa shape index (κ2) is 8.32. The van der Waals surface area contributed by atoms with Gasteiger partial charge in [0.15, 0.2) is 11.0 Å². The first kappa shape index (κ1) is 20.4. The molecule has 0 bridgehead atoms. The molecule has 0 spiro atoms. The van der Waals surface area contributed by atoms with Gasteiger partial charge in [0.25, 0.3) is 0 Å². The van der Waals surface area contributed by atoms with Crippen LogP contribution in [0.1, 0.15) is 26.3 Å². The van der Waals surface area contributed by atoms with Gasteiger partial charge in [-0.05, 0) is 57.5 Å². The van der Waals surface area contributed by atoms with E-state index in [4.69, 9.17) is 16.3 Å². The molecule has 0 N–H and O–H groups in total. The molecule has 0 saturated heterocycles. The summed E-state index contributed by atoms with van der Waals surface area (Å²) in [5.41, 5.74) is 2.14. The van der Waals surface area contributed by atoms with Crippen molar-refractivity contribution >= 4 is 29.3 Å². The third-order valence-electron chi connectivity index (χ3n) is 3.70. The fraction of sp³-hybridized carbons (Fsp3) is 0.300. The van der Waals surface area contributed by atoms with Crippen LogP contribution in [0.25, 0.3) is 17.1 Å². The van der Waals surface area contributed by atoms with E-state index < -0.39 is 5.60 Å². The first-order chi connectivity index (χ1) is 13.2. The summed E-state index contributed by atoms with van der Waals surface area (Å²) in [6, 6.07) is 9.38. The fourth-order valence-corrected chi connectivity index (χ4v) is 3.47. The number of rotatable bonds is 5. The Balaban J connectivity index is 2.00. The normalized spacial score (nSPS) is 11.5. The summed E-state index contributed by atoms with van der Waals surface area (Å²) < 4.78 is 7.29. The average molecular weight is 417 g/mol. The number of nitrogens with zero attached hydrogens (tertiary/aromatic N) is 4. The highest BCUT2D eigenvalue weighted by Crippen LogP contribution is 2.30. The molecule has 0 aliphatic carbocycles. The highest BCUT2D eigenvalue weighted by atomic mass is 35.5. The summed E-state index contributed by atoms with van der Waals surface area (Å²) in [5, 5.41) is 9.83. The quantitative estimate of drug-likeness (QED) is 0.442. The van der Waals surface area contributed by atoms with Crippen molar-refractivity contribution in [2.24, 2.45) is 0 Å². The van der Waals surface area contributed by atoms with Gasteiger partial charge in [-0.25, -0.2) is 0 Å². The number of ether oxygens (including phenoxy) is 1. The van der Waals surface area contributed by atoms with Gasteiger partial charge in [-0.2, -0.15) is 0 Å². The molecule has 146 valence electrons. The number of hydrogen-bond acceptors (Lipinski definition) is 6. The van der Waals surface area contributed by atoms with E-state index >= 15 is 0 Å². The van der Waals surface area contributed by atoms with Crippen LogP contribution in [0.3, 0.4) is 0 Å². The van der Waals surface area contributed by atoms with E-state index in [-0.39, 0.29) is 11.7 Å². The van der Waals surface area contributed by atoms with Crippen molar-refractivity contribution in [2.75, 3.05) is 5.75 Å². The number of hydrogen-bond donors (Lipinski definition) is 0. The molecule has 2 aromatic heterocycles. The Hall–Kier alpha value is -2.38. The third-order valence-corrected chi connectivity index (χ3v) is 4.84. The number of thioether (sulfide) groups is 1. The number of esters is 1. The number of aromatic nitrogens is 4. The smallest absolute Gasteiger partial charge is 0.316 e. The molecule has 6 nitrogen and oxygen atoms in total. The molecule has 0 saturated carbocycles. The van der Waals surface area contributed by atoms with Gasteiger partial charge in [-0.3, -0.25) is 14.3 Å². The van der Waals surface area contributed by atoms with Crippen molar-refractivity contribution in [1.82, 2.24) is 19.7 Å². The molecule has 0 aliphatic rings. The third kappa shape index (κ3) is 4.91. The van der Waals surface area contributed by atoms with Crippen LogP contribution >= 0.6 is 23.4 Å². The molecule has 1 aromatic carbocycles. The van der Waals surface area contributed by atoms with Gasteiger partial charge in [0.05, 0.1) is 11.4 Å². The summed E-state index contributed by atoms with van der Waals surface area (Å²) in [7, 11) is 0. The Kier molecular flexibility index (Phi) is 6.05. The van der Waals surface area contributed by atoms with Crippen LogP contribution in [-0.2, 0) is 9.53 Å². The molecule has 0 radical (unpaired) electrons. The Labute approximate surface area is 173 Å². The zero-order chi connectivity index (χ0) is 20.3. The van der Waals surface area contributed by atoms with Gasteiger partial charge in [0.1, 0.15) is 5.60 Å². The average Bonchev–Trinajstić information content (AvgIpc) is 3.05. The van der Waals surface area contributed by atoms with Crippen molar-refractivity contribution in [2.45, 2.75) is 38.5 Å².